The van der Waals surface area contributed by atoms with Gasteiger partial charge >= 0.3 is 0 Å². The van der Waals surface area contributed by atoms with Gasteiger partial charge in [-0.1, -0.05) is 54.1 Å². The molecule has 5 nitrogen and oxygen atoms in total. The molecule has 0 unspecified atom stereocenters. The van der Waals surface area contributed by atoms with E-state index < -0.39 is 17.7 Å². The summed E-state index contributed by atoms with van der Waals surface area (Å²) < 4.78 is 5.76. The number of fused-ring (bicyclic) bond motifs is 1. The first-order chi connectivity index (χ1) is 16.4. The monoisotopic (exact) mass is 473 g/mol. The molecule has 3 aromatic rings. The minimum Gasteiger partial charge on any atom is -0.507 e. The number of ketones is 1. The van der Waals surface area contributed by atoms with Crippen molar-refractivity contribution < 1.29 is 19.4 Å². The Bertz CT molecular complexity index is 1300. The molecule has 0 spiro atoms. The molecule has 2 atom stereocenters. The highest BCUT2D eigenvalue weighted by molar-refractivity contribution is 6.46. The van der Waals surface area contributed by atoms with Crippen molar-refractivity contribution in [2.75, 3.05) is 6.54 Å². The third kappa shape index (κ3) is 4.08. The van der Waals surface area contributed by atoms with Crippen LogP contribution in [0.5, 0.6) is 5.75 Å². The van der Waals surface area contributed by atoms with Gasteiger partial charge in [0, 0.05) is 23.6 Å². The third-order valence-electron chi connectivity index (χ3n) is 6.36. The van der Waals surface area contributed by atoms with Crippen LogP contribution in [0.15, 0.2) is 78.4 Å². The van der Waals surface area contributed by atoms with Crippen LogP contribution in [0.2, 0.25) is 5.02 Å². The number of hydrogen-bond donors (Lipinski definition) is 1. The Morgan fingerprint density at radius 1 is 1.06 bits per heavy atom. The fourth-order valence-corrected chi connectivity index (χ4v) is 4.95. The molecule has 2 heterocycles. The van der Waals surface area contributed by atoms with Crippen LogP contribution in [0.4, 0.5) is 0 Å². The number of amides is 1. The number of hydrogen-bond acceptors (Lipinski definition) is 4. The minimum atomic E-state index is -0.731. The summed E-state index contributed by atoms with van der Waals surface area (Å²) >= 11 is 6.26. The summed E-state index contributed by atoms with van der Waals surface area (Å²) in [6.07, 6.45) is 1.36. The Balaban J connectivity index is 1.58. The molecule has 2 aliphatic heterocycles. The molecular weight excluding hydrogens is 450 g/mol. The number of aliphatic hydroxyl groups excluding tert-OH is 1. The van der Waals surface area contributed by atoms with E-state index in [1.54, 1.807) is 30.3 Å². The second-order valence-electron chi connectivity index (χ2n) is 8.74. The normalized spacial score (nSPS) is 20.9. The van der Waals surface area contributed by atoms with E-state index in [1.807, 2.05) is 49.4 Å². The number of rotatable bonds is 5. The second kappa shape index (κ2) is 8.99. The van der Waals surface area contributed by atoms with E-state index in [4.69, 9.17) is 16.3 Å². The van der Waals surface area contributed by atoms with Crippen molar-refractivity contribution in [3.05, 3.63) is 106 Å². The van der Waals surface area contributed by atoms with E-state index in [1.165, 1.54) is 4.90 Å². The van der Waals surface area contributed by atoms with Crippen molar-refractivity contribution >= 4 is 29.1 Å². The molecule has 0 aliphatic carbocycles. The summed E-state index contributed by atoms with van der Waals surface area (Å²) in [5.41, 5.74) is 3.27. The fraction of sp³-hybridized carbons (Fsp3) is 0.214. The molecule has 0 bridgehead atoms. The number of carbonyl (C=O) groups is 2. The second-order valence-corrected chi connectivity index (χ2v) is 9.17. The number of carbonyl (C=O) groups excluding carboxylic acids is 2. The van der Waals surface area contributed by atoms with Crippen molar-refractivity contribution in [3.8, 4) is 5.75 Å². The number of ether oxygens (including phenoxy) is 1. The molecule has 1 saturated heterocycles. The van der Waals surface area contributed by atoms with Gasteiger partial charge in [-0.15, -0.1) is 0 Å². The van der Waals surface area contributed by atoms with Crippen LogP contribution in [0.3, 0.4) is 0 Å². The number of Topliss-reactive ketones (excluding diaryl/α,β-unsaturated/α-hetero) is 1. The zero-order valence-corrected chi connectivity index (χ0v) is 19.5. The van der Waals surface area contributed by atoms with E-state index in [0.29, 0.717) is 29.1 Å². The van der Waals surface area contributed by atoms with Crippen LogP contribution >= 0.6 is 11.6 Å². The molecule has 34 heavy (non-hydrogen) atoms. The standard InChI is InChI=1S/C28H24ClNO4/c1-17-14-21-15-20(10-11-23(21)34-17)26(31)24-25(19-8-5-9-22(29)16-19)30(28(33)27(24)32)13-12-18-6-3-2-4-7-18/h2-11,15-17,25,31H,12-14H2,1H3/b26-24+/t17-,25+/m0/s1. The lowest BCUT2D eigenvalue weighted by Gasteiger charge is -2.25. The number of halogens is 1. The zero-order chi connectivity index (χ0) is 23.8. The molecule has 0 aromatic heterocycles. The minimum absolute atomic E-state index is 0.0578. The van der Waals surface area contributed by atoms with Gasteiger partial charge < -0.3 is 14.7 Å². The predicted molar refractivity (Wildman–Crippen MR) is 131 cm³/mol. The number of likely N-dealkylation sites (tertiary alicyclic amines) is 1. The lowest BCUT2D eigenvalue weighted by atomic mass is 9.94. The molecule has 172 valence electrons. The third-order valence-corrected chi connectivity index (χ3v) is 6.59. The van der Waals surface area contributed by atoms with Crippen molar-refractivity contribution in [1.29, 1.82) is 0 Å². The van der Waals surface area contributed by atoms with Crippen molar-refractivity contribution in [2.45, 2.75) is 31.9 Å². The van der Waals surface area contributed by atoms with Gasteiger partial charge in [-0.25, -0.2) is 0 Å². The van der Waals surface area contributed by atoms with Gasteiger partial charge in [0.15, 0.2) is 0 Å². The molecule has 1 fully saturated rings. The maximum atomic E-state index is 13.2. The van der Waals surface area contributed by atoms with Crippen LogP contribution in [0.25, 0.3) is 5.76 Å². The van der Waals surface area contributed by atoms with Crippen LogP contribution < -0.4 is 4.74 Å². The first-order valence-electron chi connectivity index (χ1n) is 11.3. The highest BCUT2D eigenvalue weighted by Gasteiger charge is 2.46. The topological polar surface area (TPSA) is 66.8 Å². The molecule has 6 heteroatoms. The SMILES string of the molecule is C[C@H]1Cc2cc(/C(O)=C3\C(=O)C(=O)N(CCc4ccccc4)[C@@H]3c3cccc(Cl)c3)ccc2O1. The van der Waals surface area contributed by atoms with Crippen LogP contribution in [0, 0.1) is 0 Å². The Labute approximate surface area is 203 Å². The summed E-state index contributed by atoms with van der Waals surface area (Å²) in [7, 11) is 0. The summed E-state index contributed by atoms with van der Waals surface area (Å²) in [5, 5.41) is 11.8. The first kappa shape index (κ1) is 22.2. The van der Waals surface area contributed by atoms with Crippen LogP contribution in [-0.2, 0) is 22.4 Å². The molecule has 5 rings (SSSR count). The summed E-state index contributed by atoms with van der Waals surface area (Å²) in [5.74, 6) is -0.729. The fourth-order valence-electron chi connectivity index (χ4n) is 4.75. The average molecular weight is 474 g/mol. The van der Waals surface area contributed by atoms with Crippen LogP contribution in [0.1, 0.15) is 35.2 Å². The maximum Gasteiger partial charge on any atom is 0.295 e. The van der Waals surface area contributed by atoms with Gasteiger partial charge in [0.1, 0.15) is 17.6 Å². The Kier molecular flexibility index (Phi) is 5.88. The molecule has 0 radical (unpaired) electrons. The van der Waals surface area contributed by atoms with Gasteiger partial charge in [-0.05, 0) is 60.4 Å². The van der Waals surface area contributed by atoms with Crippen molar-refractivity contribution in [2.24, 2.45) is 0 Å². The van der Waals surface area contributed by atoms with Crippen molar-refractivity contribution in [1.82, 2.24) is 4.90 Å². The Hall–Kier alpha value is -3.57. The van der Waals surface area contributed by atoms with Gasteiger partial charge in [-0.2, -0.15) is 0 Å². The van der Waals surface area contributed by atoms with Gasteiger partial charge in [0.05, 0.1) is 11.6 Å². The molecular formula is C28H24ClNO4. The number of benzene rings is 3. The summed E-state index contributed by atoms with van der Waals surface area (Å²) in [4.78, 5) is 27.9. The zero-order valence-electron chi connectivity index (χ0n) is 18.7. The molecule has 1 amide bonds. The number of nitrogens with zero attached hydrogens (tertiary/aromatic N) is 1. The lowest BCUT2D eigenvalue weighted by Crippen LogP contribution is -2.31. The molecule has 1 N–H and O–H groups in total. The van der Waals surface area contributed by atoms with Gasteiger partial charge in [0.25, 0.3) is 11.7 Å². The van der Waals surface area contributed by atoms with E-state index in [2.05, 4.69) is 0 Å². The highest BCUT2D eigenvalue weighted by atomic mass is 35.5. The predicted octanol–water partition coefficient (Wildman–Crippen LogP) is 5.33. The average Bonchev–Trinajstić information content (AvgIpc) is 3.33. The largest absolute Gasteiger partial charge is 0.507 e. The maximum absolute atomic E-state index is 13.2. The first-order valence-corrected chi connectivity index (χ1v) is 11.7. The highest BCUT2D eigenvalue weighted by Crippen LogP contribution is 2.41. The quantitative estimate of drug-likeness (QED) is 0.309. The van der Waals surface area contributed by atoms with Crippen LogP contribution in [-0.4, -0.2) is 34.3 Å². The van der Waals surface area contributed by atoms with E-state index in [0.717, 1.165) is 23.3 Å². The smallest absolute Gasteiger partial charge is 0.295 e. The Morgan fingerprint density at radius 3 is 2.62 bits per heavy atom. The molecule has 0 saturated carbocycles. The van der Waals surface area contributed by atoms with E-state index >= 15 is 0 Å². The number of aliphatic hydroxyl groups is 1. The summed E-state index contributed by atoms with van der Waals surface area (Å²) in [6.45, 7) is 2.31. The molecule has 2 aliphatic rings. The molecule has 3 aromatic carbocycles. The van der Waals surface area contributed by atoms with Crippen molar-refractivity contribution in [3.63, 3.8) is 0 Å². The van der Waals surface area contributed by atoms with E-state index in [-0.39, 0.29) is 17.4 Å². The lowest BCUT2D eigenvalue weighted by molar-refractivity contribution is -0.139. The van der Waals surface area contributed by atoms with E-state index in [9.17, 15) is 14.7 Å². The summed E-state index contributed by atoms with van der Waals surface area (Å²) in [6, 6.07) is 21.5. The van der Waals surface area contributed by atoms with Gasteiger partial charge in [-0.3, -0.25) is 9.59 Å². The Morgan fingerprint density at radius 2 is 1.85 bits per heavy atom. The van der Waals surface area contributed by atoms with Gasteiger partial charge in [0.2, 0.25) is 0 Å².